The maximum Gasteiger partial charge on any atom is 0.231 e. The lowest BCUT2D eigenvalue weighted by atomic mass is 10.0. The SMILES string of the molecule is C#CC#CC#C.CC(C)N1C(=O)Cc2c(C(N)=S)cccc21. The second-order valence-corrected chi connectivity index (χ2v) is 5.18. The van der Waals surface area contributed by atoms with Crippen molar-refractivity contribution in [2.45, 2.75) is 26.3 Å². The van der Waals surface area contributed by atoms with Gasteiger partial charge in [0.25, 0.3) is 0 Å². The normalized spacial score (nSPS) is 11.3. The highest BCUT2D eigenvalue weighted by molar-refractivity contribution is 7.80. The molecule has 0 aliphatic carbocycles. The number of amides is 1. The summed E-state index contributed by atoms with van der Waals surface area (Å²) in [5.41, 5.74) is 8.39. The number of rotatable bonds is 2. The number of hydrogen-bond donors (Lipinski definition) is 1. The van der Waals surface area contributed by atoms with Gasteiger partial charge in [-0.05, 0) is 49.2 Å². The summed E-state index contributed by atoms with van der Waals surface area (Å²) in [6.07, 6.45) is 9.79. The van der Waals surface area contributed by atoms with Crippen molar-refractivity contribution >= 4 is 28.8 Å². The van der Waals surface area contributed by atoms with E-state index in [0.29, 0.717) is 11.4 Å². The Morgan fingerprint density at radius 3 is 2.36 bits per heavy atom. The average Bonchev–Trinajstić information content (AvgIpc) is 2.81. The summed E-state index contributed by atoms with van der Waals surface area (Å²) in [7, 11) is 0. The highest BCUT2D eigenvalue weighted by Gasteiger charge is 2.31. The van der Waals surface area contributed by atoms with E-state index in [0.717, 1.165) is 16.8 Å². The van der Waals surface area contributed by atoms with Crippen LogP contribution in [0, 0.1) is 36.5 Å². The Kier molecular flexibility index (Phi) is 6.21. The van der Waals surface area contributed by atoms with Gasteiger partial charge in [-0.3, -0.25) is 4.79 Å². The molecule has 22 heavy (non-hydrogen) atoms. The Balaban J connectivity index is 0.000000346. The average molecular weight is 308 g/mol. The summed E-state index contributed by atoms with van der Waals surface area (Å²) < 4.78 is 0. The van der Waals surface area contributed by atoms with Crippen molar-refractivity contribution < 1.29 is 4.79 Å². The number of carbonyl (C=O) groups is 1. The van der Waals surface area contributed by atoms with Crippen LogP contribution in [0.2, 0.25) is 0 Å². The largest absolute Gasteiger partial charge is 0.389 e. The van der Waals surface area contributed by atoms with E-state index < -0.39 is 0 Å². The molecule has 0 saturated heterocycles. The molecule has 0 unspecified atom stereocenters. The third-order valence-electron chi connectivity index (χ3n) is 3.00. The Hall–Kier alpha value is -2.74. The molecule has 110 valence electrons. The number of hydrogen-bond acceptors (Lipinski definition) is 2. The fourth-order valence-corrected chi connectivity index (χ4v) is 2.42. The van der Waals surface area contributed by atoms with Gasteiger partial charge < -0.3 is 10.6 Å². The Morgan fingerprint density at radius 1 is 1.32 bits per heavy atom. The number of nitrogens with two attached hydrogens (primary N) is 1. The van der Waals surface area contributed by atoms with Crippen LogP contribution in [0.3, 0.4) is 0 Å². The first kappa shape index (κ1) is 17.3. The van der Waals surface area contributed by atoms with Gasteiger partial charge in [0.1, 0.15) is 4.99 Å². The highest BCUT2D eigenvalue weighted by Crippen LogP contribution is 2.32. The minimum atomic E-state index is 0.119. The molecule has 0 bridgehead atoms. The van der Waals surface area contributed by atoms with Gasteiger partial charge in [-0.1, -0.05) is 24.4 Å². The maximum atomic E-state index is 11.9. The molecule has 0 atom stereocenters. The predicted octanol–water partition coefficient (Wildman–Crippen LogP) is 1.87. The van der Waals surface area contributed by atoms with E-state index in [1.807, 2.05) is 32.0 Å². The van der Waals surface area contributed by atoms with Crippen LogP contribution in [-0.2, 0) is 11.2 Å². The highest BCUT2D eigenvalue weighted by atomic mass is 32.1. The summed E-state index contributed by atoms with van der Waals surface area (Å²) >= 11 is 4.99. The van der Waals surface area contributed by atoms with Crippen molar-refractivity contribution in [1.29, 1.82) is 0 Å². The van der Waals surface area contributed by atoms with Crippen LogP contribution in [0.15, 0.2) is 18.2 Å². The molecule has 3 nitrogen and oxygen atoms in total. The van der Waals surface area contributed by atoms with Crippen molar-refractivity contribution in [3.63, 3.8) is 0 Å². The minimum absolute atomic E-state index is 0.119. The third-order valence-corrected chi connectivity index (χ3v) is 3.22. The molecule has 1 aliphatic heterocycles. The predicted molar refractivity (Wildman–Crippen MR) is 94.1 cm³/mol. The lowest BCUT2D eigenvalue weighted by Gasteiger charge is -2.22. The van der Waals surface area contributed by atoms with E-state index in [9.17, 15) is 4.79 Å². The van der Waals surface area contributed by atoms with Crippen LogP contribution in [0.1, 0.15) is 25.0 Å². The molecule has 1 aliphatic rings. The number of anilines is 1. The number of benzene rings is 1. The molecule has 1 amide bonds. The fraction of sp³-hybridized carbons (Fsp3) is 0.222. The molecular formula is C18H16N2OS. The summed E-state index contributed by atoms with van der Waals surface area (Å²) in [4.78, 5) is 14.0. The first-order valence-corrected chi connectivity index (χ1v) is 6.99. The molecule has 1 aromatic rings. The molecule has 0 spiro atoms. The smallest absolute Gasteiger partial charge is 0.231 e. The van der Waals surface area contributed by atoms with Gasteiger partial charge in [0, 0.05) is 17.3 Å². The molecule has 1 heterocycles. The quantitative estimate of drug-likeness (QED) is 0.670. The van der Waals surface area contributed by atoms with Gasteiger partial charge in [-0.15, -0.1) is 12.8 Å². The first-order chi connectivity index (χ1) is 10.4. The molecule has 1 aromatic carbocycles. The molecule has 0 radical (unpaired) electrons. The minimum Gasteiger partial charge on any atom is -0.389 e. The summed E-state index contributed by atoms with van der Waals surface area (Å²) in [6.45, 7) is 4.00. The van der Waals surface area contributed by atoms with Gasteiger partial charge in [0.05, 0.1) is 6.42 Å². The number of nitrogens with zero attached hydrogens (tertiary/aromatic N) is 1. The molecule has 0 fully saturated rings. The standard InChI is InChI=1S/C12H14N2OS.C6H2/c1-7(2)14-10-5-3-4-8(12(13)16)9(10)6-11(14)15;1-3-5-6-4-2/h3-5,7H,6H2,1-2H3,(H2,13,16);1-2H. The van der Waals surface area contributed by atoms with Crippen LogP contribution < -0.4 is 10.6 Å². The van der Waals surface area contributed by atoms with Crippen LogP contribution in [0.5, 0.6) is 0 Å². The van der Waals surface area contributed by atoms with E-state index in [1.165, 1.54) is 0 Å². The number of terminal acetylenes is 2. The second kappa shape index (κ2) is 7.89. The lowest BCUT2D eigenvalue weighted by Crippen LogP contribution is -2.33. The zero-order valence-corrected chi connectivity index (χ0v) is 13.3. The molecule has 4 heteroatoms. The van der Waals surface area contributed by atoms with Crippen molar-refractivity contribution in [1.82, 2.24) is 0 Å². The van der Waals surface area contributed by atoms with Gasteiger partial charge in [-0.25, -0.2) is 0 Å². The van der Waals surface area contributed by atoms with Crippen molar-refractivity contribution in [3.8, 4) is 36.5 Å². The Labute approximate surface area is 136 Å². The van der Waals surface area contributed by atoms with Gasteiger partial charge in [-0.2, -0.15) is 0 Å². The molecule has 2 rings (SSSR count). The number of fused-ring (bicyclic) bond motifs is 1. The second-order valence-electron chi connectivity index (χ2n) is 4.74. The molecule has 0 saturated carbocycles. The third kappa shape index (κ3) is 3.89. The summed E-state index contributed by atoms with van der Waals surface area (Å²) in [5, 5.41) is 0. The van der Waals surface area contributed by atoms with Crippen LogP contribution in [0.4, 0.5) is 5.69 Å². The fourth-order valence-electron chi connectivity index (χ4n) is 2.23. The zero-order chi connectivity index (χ0) is 16.7. The van der Waals surface area contributed by atoms with Crippen LogP contribution in [0.25, 0.3) is 0 Å². The lowest BCUT2D eigenvalue weighted by molar-refractivity contribution is -0.117. The van der Waals surface area contributed by atoms with Crippen molar-refractivity contribution in [3.05, 3.63) is 29.3 Å². The molecular weight excluding hydrogens is 292 g/mol. The summed E-state index contributed by atoms with van der Waals surface area (Å²) in [6, 6.07) is 5.87. The van der Waals surface area contributed by atoms with Crippen LogP contribution >= 0.6 is 12.2 Å². The van der Waals surface area contributed by atoms with E-state index in [2.05, 4.69) is 23.7 Å². The number of carbonyl (C=O) groups excluding carboxylic acids is 1. The van der Waals surface area contributed by atoms with Gasteiger partial charge in [0.2, 0.25) is 5.91 Å². The van der Waals surface area contributed by atoms with E-state index in [4.69, 9.17) is 30.8 Å². The zero-order valence-electron chi connectivity index (χ0n) is 12.5. The molecule has 2 N–H and O–H groups in total. The van der Waals surface area contributed by atoms with E-state index in [1.54, 1.807) is 4.90 Å². The van der Waals surface area contributed by atoms with E-state index in [-0.39, 0.29) is 11.9 Å². The summed E-state index contributed by atoms with van der Waals surface area (Å²) in [5.74, 6) is 8.73. The van der Waals surface area contributed by atoms with Gasteiger partial charge in [0.15, 0.2) is 0 Å². The van der Waals surface area contributed by atoms with Crippen molar-refractivity contribution in [2.24, 2.45) is 5.73 Å². The monoisotopic (exact) mass is 308 g/mol. The molecule has 0 aromatic heterocycles. The first-order valence-electron chi connectivity index (χ1n) is 6.59. The van der Waals surface area contributed by atoms with Crippen LogP contribution in [-0.4, -0.2) is 16.9 Å². The van der Waals surface area contributed by atoms with Gasteiger partial charge >= 0.3 is 0 Å². The topological polar surface area (TPSA) is 46.3 Å². The van der Waals surface area contributed by atoms with E-state index >= 15 is 0 Å². The Bertz CT molecular complexity index is 721. The maximum absolute atomic E-state index is 11.9. The Morgan fingerprint density at radius 2 is 1.91 bits per heavy atom. The number of thiocarbonyl (C=S) groups is 1. The van der Waals surface area contributed by atoms with Crippen molar-refractivity contribution in [2.75, 3.05) is 4.90 Å².